The minimum atomic E-state index is -0.891. The van der Waals surface area contributed by atoms with Crippen molar-refractivity contribution >= 4 is 21.9 Å². The van der Waals surface area contributed by atoms with Gasteiger partial charge in [-0.1, -0.05) is 0 Å². The third-order valence-electron chi connectivity index (χ3n) is 3.47. The highest BCUT2D eigenvalue weighted by Gasteiger charge is 2.50. The molecule has 1 aromatic rings. The molecule has 2 N–H and O–H groups in total. The fraction of sp³-hybridized carbons (Fsp3) is 0.462. The van der Waals surface area contributed by atoms with Gasteiger partial charge in [-0.3, -0.25) is 4.79 Å². The van der Waals surface area contributed by atoms with Gasteiger partial charge in [-0.05, 0) is 28.8 Å². The van der Waals surface area contributed by atoms with Gasteiger partial charge in [0.25, 0.3) is 0 Å². The van der Waals surface area contributed by atoms with Crippen molar-refractivity contribution in [1.82, 2.24) is 0 Å². The third-order valence-corrected chi connectivity index (χ3v) is 4.07. The highest BCUT2D eigenvalue weighted by molar-refractivity contribution is 9.10. The number of aromatic hydroxyl groups is 1. The van der Waals surface area contributed by atoms with E-state index in [1.165, 1.54) is 14.2 Å². The molecule has 1 fully saturated rings. The van der Waals surface area contributed by atoms with Gasteiger partial charge < -0.3 is 19.7 Å². The number of methoxy groups -OCH3 is 2. The minimum absolute atomic E-state index is 0.0244. The first-order chi connectivity index (χ1) is 8.95. The van der Waals surface area contributed by atoms with Crippen LogP contribution in [0.15, 0.2) is 10.5 Å². The molecule has 0 radical (unpaired) electrons. The number of benzene rings is 1. The maximum atomic E-state index is 11.0. The largest absolute Gasteiger partial charge is 0.506 e. The maximum absolute atomic E-state index is 11.0. The molecule has 0 aliphatic heterocycles. The number of phenols is 1. The summed E-state index contributed by atoms with van der Waals surface area (Å²) in [5.41, 5.74) is -0.0400. The first-order valence-corrected chi connectivity index (χ1v) is 6.60. The third kappa shape index (κ3) is 2.36. The Morgan fingerprint density at radius 2 is 2.05 bits per heavy atom. The Hall–Kier alpha value is -1.43. The van der Waals surface area contributed by atoms with Crippen LogP contribution in [0.4, 0.5) is 0 Å². The monoisotopic (exact) mass is 330 g/mol. The predicted molar refractivity (Wildman–Crippen MR) is 72.1 cm³/mol. The fourth-order valence-corrected chi connectivity index (χ4v) is 2.81. The van der Waals surface area contributed by atoms with Crippen LogP contribution in [0, 0.1) is 0 Å². The van der Waals surface area contributed by atoms with Crippen LogP contribution in [0.3, 0.4) is 0 Å². The summed E-state index contributed by atoms with van der Waals surface area (Å²) in [5, 5.41) is 19.3. The molecule has 0 bridgehead atoms. The van der Waals surface area contributed by atoms with E-state index in [4.69, 9.17) is 14.6 Å². The van der Waals surface area contributed by atoms with E-state index in [1.54, 1.807) is 6.07 Å². The van der Waals surface area contributed by atoms with Gasteiger partial charge in [0.1, 0.15) is 5.75 Å². The molecule has 104 valence electrons. The maximum Gasteiger partial charge on any atom is 0.304 e. The van der Waals surface area contributed by atoms with Crippen LogP contribution in [0.25, 0.3) is 0 Å². The van der Waals surface area contributed by atoms with E-state index in [0.717, 1.165) is 0 Å². The number of aliphatic carboxylic acids is 1. The van der Waals surface area contributed by atoms with Crippen molar-refractivity contribution in [3.05, 3.63) is 16.1 Å². The molecule has 0 aromatic heterocycles. The summed E-state index contributed by atoms with van der Waals surface area (Å²) in [6.45, 7) is 0. The highest BCUT2D eigenvalue weighted by atomic mass is 79.9. The number of rotatable bonds is 5. The lowest BCUT2D eigenvalue weighted by atomic mass is 9.90. The second-order valence-corrected chi connectivity index (χ2v) is 5.52. The van der Waals surface area contributed by atoms with Crippen molar-refractivity contribution in [3.8, 4) is 17.2 Å². The molecular weight excluding hydrogens is 316 g/mol. The topological polar surface area (TPSA) is 76.0 Å². The Morgan fingerprint density at radius 1 is 1.42 bits per heavy atom. The van der Waals surface area contributed by atoms with Gasteiger partial charge >= 0.3 is 5.97 Å². The van der Waals surface area contributed by atoms with E-state index < -0.39 is 11.4 Å². The quantitative estimate of drug-likeness (QED) is 0.868. The minimum Gasteiger partial charge on any atom is -0.506 e. The van der Waals surface area contributed by atoms with Gasteiger partial charge in [0.05, 0.1) is 25.1 Å². The number of phenolic OH excluding ortho intramolecular Hbond substituents is 1. The van der Waals surface area contributed by atoms with E-state index in [1.807, 2.05) is 0 Å². The van der Waals surface area contributed by atoms with Crippen LogP contribution in [-0.4, -0.2) is 30.4 Å². The zero-order chi connectivity index (χ0) is 14.2. The molecule has 6 heteroatoms. The lowest BCUT2D eigenvalue weighted by Gasteiger charge is -2.21. The Labute approximate surface area is 119 Å². The van der Waals surface area contributed by atoms with Crippen molar-refractivity contribution in [2.75, 3.05) is 14.2 Å². The lowest BCUT2D eigenvalue weighted by Crippen LogP contribution is -2.15. The fourth-order valence-electron chi connectivity index (χ4n) is 2.40. The van der Waals surface area contributed by atoms with Gasteiger partial charge in [0.15, 0.2) is 11.5 Å². The average Bonchev–Trinajstić information content (AvgIpc) is 3.11. The van der Waals surface area contributed by atoms with E-state index in [2.05, 4.69) is 15.9 Å². The standard InChI is InChI=1S/C13H15BrO5/c1-18-8-5-7(14)11(17)10(12(8)19-2)13(3-4-13)6-9(15)16/h5,17H,3-4,6H2,1-2H3,(H,15,16). The Morgan fingerprint density at radius 3 is 2.47 bits per heavy atom. The van der Waals surface area contributed by atoms with Crippen LogP contribution in [-0.2, 0) is 10.2 Å². The smallest absolute Gasteiger partial charge is 0.304 e. The first kappa shape index (κ1) is 14.0. The highest BCUT2D eigenvalue weighted by Crippen LogP contribution is 2.59. The molecule has 19 heavy (non-hydrogen) atoms. The summed E-state index contributed by atoms with van der Waals surface area (Å²) in [5.74, 6) is 0.00934. The number of hydrogen-bond donors (Lipinski definition) is 2. The number of ether oxygens (including phenoxy) is 2. The number of carboxylic acid groups (broad SMARTS) is 1. The zero-order valence-electron chi connectivity index (χ0n) is 10.7. The Bertz CT molecular complexity index is 522. The van der Waals surface area contributed by atoms with E-state index in [9.17, 15) is 9.90 Å². The van der Waals surface area contributed by atoms with Crippen molar-refractivity contribution < 1.29 is 24.5 Å². The van der Waals surface area contributed by atoms with Crippen LogP contribution < -0.4 is 9.47 Å². The van der Waals surface area contributed by atoms with Gasteiger partial charge in [-0.2, -0.15) is 0 Å². The van der Waals surface area contributed by atoms with Gasteiger partial charge in [-0.15, -0.1) is 0 Å². The molecule has 1 aromatic carbocycles. The molecular formula is C13H15BrO5. The second-order valence-electron chi connectivity index (χ2n) is 4.67. The van der Waals surface area contributed by atoms with Crippen molar-refractivity contribution in [3.63, 3.8) is 0 Å². The molecule has 2 rings (SSSR count). The van der Waals surface area contributed by atoms with Crippen LogP contribution in [0.5, 0.6) is 17.2 Å². The van der Waals surface area contributed by atoms with Crippen molar-refractivity contribution in [2.24, 2.45) is 0 Å². The van der Waals surface area contributed by atoms with E-state index >= 15 is 0 Å². The first-order valence-electron chi connectivity index (χ1n) is 5.81. The molecule has 0 unspecified atom stereocenters. The summed E-state index contributed by atoms with van der Waals surface area (Å²) in [7, 11) is 2.98. The SMILES string of the molecule is COc1cc(Br)c(O)c(C2(CC(=O)O)CC2)c1OC. The van der Waals surface area contributed by atoms with Crippen molar-refractivity contribution in [2.45, 2.75) is 24.7 Å². The normalized spacial score (nSPS) is 15.9. The molecule has 1 aliphatic carbocycles. The van der Waals surface area contributed by atoms with E-state index in [-0.39, 0.29) is 12.2 Å². The zero-order valence-corrected chi connectivity index (χ0v) is 12.3. The van der Waals surface area contributed by atoms with Crippen LogP contribution in [0.2, 0.25) is 0 Å². The molecule has 0 saturated heterocycles. The number of halogens is 1. The summed E-state index contributed by atoms with van der Waals surface area (Å²) >= 11 is 3.25. The molecule has 0 amide bonds. The molecule has 5 nitrogen and oxygen atoms in total. The van der Waals surface area contributed by atoms with Gasteiger partial charge in [0.2, 0.25) is 0 Å². The summed E-state index contributed by atoms with van der Waals surface area (Å²) < 4.78 is 11.0. The van der Waals surface area contributed by atoms with E-state index in [0.29, 0.717) is 34.4 Å². The van der Waals surface area contributed by atoms with Crippen LogP contribution in [0.1, 0.15) is 24.8 Å². The van der Waals surface area contributed by atoms with Crippen molar-refractivity contribution in [1.29, 1.82) is 0 Å². The molecule has 1 saturated carbocycles. The summed E-state index contributed by atoms with van der Waals surface area (Å²) in [6, 6.07) is 1.61. The Balaban J connectivity index is 2.61. The molecule has 0 spiro atoms. The molecule has 0 heterocycles. The predicted octanol–water partition coefficient (Wildman–Crippen LogP) is 2.68. The van der Waals surface area contributed by atoms with Crippen LogP contribution >= 0.6 is 15.9 Å². The van der Waals surface area contributed by atoms with Gasteiger partial charge in [-0.25, -0.2) is 0 Å². The number of hydrogen-bond acceptors (Lipinski definition) is 4. The Kier molecular flexibility index (Phi) is 3.62. The second kappa shape index (κ2) is 4.92. The molecule has 1 aliphatic rings. The lowest BCUT2D eigenvalue weighted by molar-refractivity contribution is -0.137. The average molecular weight is 331 g/mol. The molecule has 0 atom stereocenters. The van der Waals surface area contributed by atoms with Gasteiger partial charge in [0, 0.05) is 17.0 Å². The summed E-state index contributed by atoms with van der Waals surface area (Å²) in [6.07, 6.45) is 1.39. The number of carbonyl (C=O) groups is 1. The summed E-state index contributed by atoms with van der Waals surface area (Å²) in [4.78, 5) is 11.0. The number of carboxylic acids is 1.